The summed E-state index contributed by atoms with van der Waals surface area (Å²) in [5.41, 5.74) is 0.307. The molecule has 1 aromatic carbocycles. The first-order valence-electron chi connectivity index (χ1n) is 5.98. The molecule has 16 heavy (non-hydrogen) atoms. The first-order valence-corrected chi connectivity index (χ1v) is 6.77. The molecule has 90 valence electrons. The Morgan fingerprint density at radius 1 is 1.19 bits per heavy atom. The molecule has 0 N–H and O–H groups in total. The van der Waals surface area contributed by atoms with E-state index < -0.39 is 0 Å². The van der Waals surface area contributed by atoms with Crippen LogP contribution < -0.4 is 4.74 Å². The summed E-state index contributed by atoms with van der Waals surface area (Å²) in [5.74, 6) is 0.957. The molecular weight excluding hydrogens is 264 g/mol. The van der Waals surface area contributed by atoms with Gasteiger partial charge in [0.15, 0.2) is 0 Å². The van der Waals surface area contributed by atoms with Gasteiger partial charge in [-0.25, -0.2) is 0 Å². The summed E-state index contributed by atoms with van der Waals surface area (Å²) < 4.78 is 6.94. The van der Waals surface area contributed by atoms with Crippen LogP contribution in [0.4, 0.5) is 0 Å². The molecule has 1 nitrogen and oxygen atoms in total. The zero-order chi connectivity index (χ0) is 12.0. The van der Waals surface area contributed by atoms with Gasteiger partial charge >= 0.3 is 0 Å². The molecule has 0 saturated heterocycles. The summed E-state index contributed by atoms with van der Waals surface area (Å²) >= 11 is 3.42. The second-order valence-electron chi connectivity index (χ2n) is 4.66. The van der Waals surface area contributed by atoms with Gasteiger partial charge in [0.25, 0.3) is 0 Å². The molecule has 0 saturated carbocycles. The van der Waals surface area contributed by atoms with Crippen LogP contribution in [-0.4, -0.2) is 6.61 Å². The first-order chi connectivity index (χ1) is 7.59. The lowest BCUT2D eigenvalue weighted by Crippen LogP contribution is -2.24. The Labute approximate surface area is 107 Å². The van der Waals surface area contributed by atoms with Crippen molar-refractivity contribution in [3.8, 4) is 5.75 Å². The highest BCUT2D eigenvalue weighted by Crippen LogP contribution is 2.28. The van der Waals surface area contributed by atoms with Gasteiger partial charge in [0.2, 0.25) is 0 Å². The Morgan fingerprint density at radius 3 is 2.31 bits per heavy atom. The van der Waals surface area contributed by atoms with Gasteiger partial charge in [-0.1, -0.05) is 43.1 Å². The van der Waals surface area contributed by atoms with Crippen LogP contribution in [0.25, 0.3) is 0 Å². The maximum atomic E-state index is 5.85. The number of halogens is 1. The van der Waals surface area contributed by atoms with E-state index in [1.807, 2.05) is 24.3 Å². The fraction of sp³-hybridized carbons (Fsp3) is 0.571. The first kappa shape index (κ1) is 13.6. The van der Waals surface area contributed by atoms with Gasteiger partial charge in [0.1, 0.15) is 5.75 Å². The molecule has 2 heteroatoms. The second-order valence-corrected chi connectivity index (χ2v) is 5.57. The van der Waals surface area contributed by atoms with E-state index in [1.54, 1.807) is 0 Å². The number of rotatable bonds is 6. The summed E-state index contributed by atoms with van der Waals surface area (Å²) in [5, 5.41) is 0. The molecule has 0 aromatic heterocycles. The van der Waals surface area contributed by atoms with Crippen LogP contribution in [0.1, 0.15) is 40.0 Å². The van der Waals surface area contributed by atoms with Crippen LogP contribution in [0, 0.1) is 5.41 Å². The molecule has 0 amide bonds. The molecule has 0 aliphatic rings. The summed E-state index contributed by atoms with van der Waals surface area (Å²) in [6, 6.07) is 8.04. The summed E-state index contributed by atoms with van der Waals surface area (Å²) in [6.07, 6.45) is 3.60. The maximum absolute atomic E-state index is 5.85. The molecule has 0 radical (unpaired) electrons. The third-order valence-electron chi connectivity index (χ3n) is 3.11. The van der Waals surface area contributed by atoms with E-state index in [9.17, 15) is 0 Å². The lowest BCUT2D eigenvalue weighted by atomic mass is 9.84. The molecule has 1 unspecified atom stereocenters. The molecule has 0 spiro atoms. The standard InChI is InChI=1S/C14H21BrO/c1-4-10-14(3,5-2)11-16-13-8-6-12(15)7-9-13/h6-9H,4-5,10-11H2,1-3H3. The van der Waals surface area contributed by atoms with E-state index in [2.05, 4.69) is 36.7 Å². The Balaban J connectivity index is 2.52. The van der Waals surface area contributed by atoms with Crippen LogP contribution >= 0.6 is 15.9 Å². The van der Waals surface area contributed by atoms with Crippen LogP contribution in [0.3, 0.4) is 0 Å². The van der Waals surface area contributed by atoms with Crippen LogP contribution in [0.15, 0.2) is 28.7 Å². The zero-order valence-corrected chi connectivity index (χ0v) is 12.0. The summed E-state index contributed by atoms with van der Waals surface area (Å²) in [4.78, 5) is 0. The van der Waals surface area contributed by atoms with Crippen molar-refractivity contribution >= 4 is 15.9 Å². The lowest BCUT2D eigenvalue weighted by Gasteiger charge is -2.27. The quantitative estimate of drug-likeness (QED) is 0.711. The minimum absolute atomic E-state index is 0.307. The number of hydrogen-bond acceptors (Lipinski definition) is 1. The third-order valence-corrected chi connectivity index (χ3v) is 3.64. The average molecular weight is 285 g/mol. The fourth-order valence-electron chi connectivity index (χ4n) is 1.74. The molecular formula is C14H21BrO. The van der Waals surface area contributed by atoms with Gasteiger partial charge in [0.05, 0.1) is 6.61 Å². The van der Waals surface area contributed by atoms with Crippen molar-refractivity contribution in [3.63, 3.8) is 0 Å². The second kappa shape index (κ2) is 6.29. The molecule has 1 rings (SSSR count). The van der Waals surface area contributed by atoms with Crippen LogP contribution in [0.2, 0.25) is 0 Å². The van der Waals surface area contributed by atoms with Gasteiger partial charge in [-0.05, 0) is 37.1 Å². The smallest absolute Gasteiger partial charge is 0.119 e. The van der Waals surface area contributed by atoms with Crippen molar-refractivity contribution in [2.75, 3.05) is 6.61 Å². The Kier molecular flexibility index (Phi) is 5.33. The minimum Gasteiger partial charge on any atom is -0.493 e. The maximum Gasteiger partial charge on any atom is 0.119 e. The number of benzene rings is 1. The van der Waals surface area contributed by atoms with Gasteiger partial charge in [0, 0.05) is 9.89 Å². The Bertz CT molecular complexity index is 307. The van der Waals surface area contributed by atoms with Crippen molar-refractivity contribution in [2.24, 2.45) is 5.41 Å². The van der Waals surface area contributed by atoms with Crippen molar-refractivity contribution in [3.05, 3.63) is 28.7 Å². The van der Waals surface area contributed by atoms with Gasteiger partial charge in [-0.3, -0.25) is 0 Å². The highest BCUT2D eigenvalue weighted by Gasteiger charge is 2.21. The van der Waals surface area contributed by atoms with Gasteiger partial charge < -0.3 is 4.74 Å². The Hall–Kier alpha value is -0.500. The SMILES string of the molecule is CCCC(C)(CC)COc1ccc(Br)cc1. The summed E-state index contributed by atoms with van der Waals surface area (Å²) in [7, 11) is 0. The lowest BCUT2D eigenvalue weighted by molar-refractivity contribution is 0.145. The van der Waals surface area contributed by atoms with E-state index in [0.29, 0.717) is 5.41 Å². The topological polar surface area (TPSA) is 9.23 Å². The third kappa shape index (κ3) is 4.17. The van der Waals surface area contributed by atoms with Gasteiger partial charge in [-0.2, -0.15) is 0 Å². The fourth-order valence-corrected chi connectivity index (χ4v) is 2.01. The van der Waals surface area contributed by atoms with Crippen LogP contribution in [0.5, 0.6) is 5.75 Å². The zero-order valence-electron chi connectivity index (χ0n) is 10.4. The molecule has 0 heterocycles. The summed E-state index contributed by atoms with van der Waals surface area (Å²) in [6.45, 7) is 7.57. The molecule has 1 aromatic rings. The molecule has 0 fully saturated rings. The van der Waals surface area contributed by atoms with Crippen LogP contribution in [-0.2, 0) is 0 Å². The van der Waals surface area contributed by atoms with E-state index >= 15 is 0 Å². The molecule has 0 bridgehead atoms. The predicted molar refractivity (Wildman–Crippen MR) is 72.9 cm³/mol. The molecule has 0 aliphatic heterocycles. The Morgan fingerprint density at radius 2 is 1.81 bits per heavy atom. The van der Waals surface area contributed by atoms with E-state index in [0.717, 1.165) is 23.2 Å². The van der Waals surface area contributed by atoms with E-state index in [4.69, 9.17) is 4.74 Å². The minimum atomic E-state index is 0.307. The normalized spacial score (nSPS) is 14.5. The van der Waals surface area contributed by atoms with E-state index in [-0.39, 0.29) is 0 Å². The monoisotopic (exact) mass is 284 g/mol. The average Bonchev–Trinajstić information content (AvgIpc) is 2.29. The van der Waals surface area contributed by atoms with Crippen molar-refractivity contribution in [1.29, 1.82) is 0 Å². The van der Waals surface area contributed by atoms with Crippen molar-refractivity contribution in [2.45, 2.75) is 40.0 Å². The number of hydrogen-bond donors (Lipinski definition) is 0. The van der Waals surface area contributed by atoms with E-state index in [1.165, 1.54) is 12.8 Å². The van der Waals surface area contributed by atoms with Gasteiger partial charge in [-0.15, -0.1) is 0 Å². The highest BCUT2D eigenvalue weighted by atomic mass is 79.9. The predicted octanol–water partition coefficient (Wildman–Crippen LogP) is 5.04. The molecule has 0 aliphatic carbocycles. The number of ether oxygens (including phenoxy) is 1. The van der Waals surface area contributed by atoms with Crippen molar-refractivity contribution < 1.29 is 4.74 Å². The van der Waals surface area contributed by atoms with Crippen molar-refractivity contribution in [1.82, 2.24) is 0 Å². The largest absolute Gasteiger partial charge is 0.493 e. The molecule has 1 atom stereocenters. The highest BCUT2D eigenvalue weighted by molar-refractivity contribution is 9.10.